The van der Waals surface area contributed by atoms with E-state index >= 15 is 0 Å². The van der Waals surface area contributed by atoms with E-state index in [1.54, 1.807) is 36.4 Å². The molecule has 188 valence electrons. The number of rotatable bonds is 5. The van der Waals surface area contributed by atoms with Gasteiger partial charge in [0.05, 0.1) is 17.5 Å². The first-order valence-corrected chi connectivity index (χ1v) is 12.7. The fraction of sp³-hybridized carbons (Fsp3) is 0.276. The zero-order chi connectivity index (χ0) is 25.9. The molecule has 7 nitrogen and oxygen atoms in total. The van der Waals surface area contributed by atoms with Gasteiger partial charge in [0.15, 0.2) is 0 Å². The summed E-state index contributed by atoms with van der Waals surface area (Å²) in [5, 5.41) is 16.6. The summed E-state index contributed by atoms with van der Waals surface area (Å²) in [7, 11) is 0. The molecule has 8 heteroatoms. The van der Waals surface area contributed by atoms with E-state index in [1.807, 2.05) is 37.3 Å². The second-order valence-corrected chi connectivity index (χ2v) is 10.5. The number of phenolic OH excluding ortho intramolecular Hbond substituents is 1. The maximum atomic E-state index is 14.0. The van der Waals surface area contributed by atoms with E-state index in [0.29, 0.717) is 29.1 Å². The number of nitrogens with zero attached hydrogens (tertiary/aromatic N) is 1. The summed E-state index contributed by atoms with van der Waals surface area (Å²) in [6.07, 6.45) is 0.961. The van der Waals surface area contributed by atoms with Crippen molar-refractivity contribution in [1.29, 1.82) is 0 Å². The topological polar surface area (TPSA) is 98.7 Å². The number of fused-ring (bicyclic) bond motifs is 4. The standard InChI is InChI=1S/C29H26ClN3O4/c1-16-21(30)12-11-20-25(16)31-28(37)29(20)24-23(22(32-29)15-18-7-9-19(34)10-8-18)26(35)33(27(24)36)14-13-17-5-3-2-4-6-17/h2-12,22-24,32,34H,13-15H2,1H3,(H,31,37)/t22?,23-,24+,29?/m1/s1. The molecule has 2 fully saturated rings. The first-order chi connectivity index (χ1) is 17.8. The van der Waals surface area contributed by atoms with Crippen LogP contribution in [0.25, 0.3) is 0 Å². The minimum Gasteiger partial charge on any atom is -0.508 e. The van der Waals surface area contributed by atoms with Crippen molar-refractivity contribution in [2.45, 2.75) is 31.3 Å². The van der Waals surface area contributed by atoms with Crippen molar-refractivity contribution in [2.75, 3.05) is 11.9 Å². The van der Waals surface area contributed by atoms with Crippen LogP contribution in [0.1, 0.15) is 22.3 Å². The van der Waals surface area contributed by atoms with E-state index in [0.717, 1.165) is 16.7 Å². The molecule has 3 aliphatic rings. The number of nitrogens with one attached hydrogen (secondary N) is 2. The van der Waals surface area contributed by atoms with Gasteiger partial charge in [0, 0.05) is 23.2 Å². The van der Waals surface area contributed by atoms with Crippen LogP contribution < -0.4 is 10.6 Å². The van der Waals surface area contributed by atoms with Crippen molar-refractivity contribution >= 4 is 35.0 Å². The van der Waals surface area contributed by atoms with Gasteiger partial charge < -0.3 is 10.4 Å². The van der Waals surface area contributed by atoms with Crippen LogP contribution in [0.5, 0.6) is 5.75 Å². The normalized spacial score (nSPS) is 26.1. The molecule has 4 atom stereocenters. The van der Waals surface area contributed by atoms with Gasteiger partial charge >= 0.3 is 0 Å². The monoisotopic (exact) mass is 515 g/mol. The van der Waals surface area contributed by atoms with Crippen molar-refractivity contribution in [3.63, 3.8) is 0 Å². The molecule has 0 aliphatic carbocycles. The van der Waals surface area contributed by atoms with E-state index in [-0.39, 0.29) is 30.0 Å². The number of phenols is 1. The summed E-state index contributed by atoms with van der Waals surface area (Å²) in [6.45, 7) is 2.08. The lowest BCUT2D eigenvalue weighted by molar-refractivity contribution is -0.142. The molecule has 3 aliphatic heterocycles. The number of hydrogen-bond donors (Lipinski definition) is 3. The quantitative estimate of drug-likeness (QED) is 0.451. The zero-order valence-electron chi connectivity index (χ0n) is 20.2. The molecule has 0 radical (unpaired) electrons. The Kier molecular flexibility index (Phi) is 5.58. The summed E-state index contributed by atoms with van der Waals surface area (Å²) in [5.41, 5.74) is 2.52. The second kappa shape index (κ2) is 8.71. The molecule has 0 bridgehead atoms. The molecule has 3 amide bonds. The van der Waals surface area contributed by atoms with Crippen molar-refractivity contribution in [3.05, 3.63) is 94.0 Å². The molecule has 37 heavy (non-hydrogen) atoms. The Balaban J connectivity index is 1.41. The fourth-order valence-corrected chi connectivity index (χ4v) is 6.37. The number of carbonyl (C=O) groups is 3. The van der Waals surface area contributed by atoms with Crippen molar-refractivity contribution < 1.29 is 19.5 Å². The second-order valence-electron chi connectivity index (χ2n) is 10.0. The maximum Gasteiger partial charge on any atom is 0.250 e. The predicted octanol–water partition coefficient (Wildman–Crippen LogP) is 3.56. The average Bonchev–Trinajstić information content (AvgIpc) is 3.47. The number of likely N-dealkylation sites (tertiary alicyclic amines) is 1. The number of amides is 3. The van der Waals surface area contributed by atoms with Crippen LogP contribution in [-0.2, 0) is 32.8 Å². The number of aromatic hydroxyl groups is 1. The summed E-state index contributed by atoms with van der Waals surface area (Å²) in [5.74, 6) is -2.37. The summed E-state index contributed by atoms with van der Waals surface area (Å²) < 4.78 is 0. The van der Waals surface area contributed by atoms with E-state index in [4.69, 9.17) is 11.6 Å². The number of imide groups is 1. The molecule has 3 N–H and O–H groups in total. The SMILES string of the molecule is Cc1c(Cl)ccc2c1NC(=O)C21NC(Cc2ccc(O)cc2)[C@H]2C(=O)N(CCc3ccccc3)C(=O)[C@H]21. The maximum absolute atomic E-state index is 14.0. The van der Waals surface area contributed by atoms with Gasteiger partial charge in [0.1, 0.15) is 11.3 Å². The number of hydrogen-bond acceptors (Lipinski definition) is 5. The van der Waals surface area contributed by atoms with Crippen molar-refractivity contribution in [1.82, 2.24) is 10.2 Å². The minimum atomic E-state index is -1.37. The first-order valence-electron chi connectivity index (χ1n) is 12.4. The Morgan fingerprint density at radius 2 is 1.68 bits per heavy atom. The van der Waals surface area contributed by atoms with Crippen molar-refractivity contribution in [3.8, 4) is 5.75 Å². The highest BCUT2D eigenvalue weighted by Crippen LogP contribution is 2.54. The van der Waals surface area contributed by atoms with Gasteiger partial charge in [0.2, 0.25) is 17.7 Å². The van der Waals surface area contributed by atoms with Crippen LogP contribution in [0, 0.1) is 18.8 Å². The minimum absolute atomic E-state index is 0.146. The third-order valence-electron chi connectivity index (χ3n) is 8.03. The zero-order valence-corrected chi connectivity index (χ0v) is 21.0. The number of anilines is 1. The van der Waals surface area contributed by atoms with Crippen LogP contribution in [0.15, 0.2) is 66.7 Å². The average molecular weight is 516 g/mol. The Hall–Kier alpha value is -3.68. The van der Waals surface area contributed by atoms with Gasteiger partial charge in [-0.15, -0.1) is 0 Å². The van der Waals surface area contributed by atoms with Crippen LogP contribution >= 0.6 is 11.6 Å². The van der Waals surface area contributed by atoms with Crippen LogP contribution in [0.2, 0.25) is 5.02 Å². The molecule has 6 rings (SSSR count). The molecule has 1 spiro atoms. The van der Waals surface area contributed by atoms with Gasteiger partial charge in [-0.3, -0.25) is 24.6 Å². The van der Waals surface area contributed by atoms with Gasteiger partial charge in [-0.05, 0) is 54.7 Å². The molecular formula is C29H26ClN3O4. The molecule has 2 saturated heterocycles. The van der Waals surface area contributed by atoms with E-state index < -0.39 is 23.4 Å². The molecule has 3 heterocycles. The number of carbonyl (C=O) groups excluding carboxylic acids is 3. The predicted molar refractivity (Wildman–Crippen MR) is 139 cm³/mol. The molecule has 0 saturated carbocycles. The Labute approximate surface area is 219 Å². The third-order valence-corrected chi connectivity index (χ3v) is 8.44. The number of halogens is 1. The van der Waals surface area contributed by atoms with Gasteiger partial charge in [-0.1, -0.05) is 60.1 Å². The van der Waals surface area contributed by atoms with E-state index in [2.05, 4.69) is 10.6 Å². The van der Waals surface area contributed by atoms with Gasteiger partial charge in [-0.2, -0.15) is 0 Å². The molecular weight excluding hydrogens is 490 g/mol. The molecule has 3 aromatic carbocycles. The summed E-state index contributed by atoms with van der Waals surface area (Å²) in [4.78, 5) is 42.8. The highest BCUT2D eigenvalue weighted by molar-refractivity contribution is 6.32. The summed E-state index contributed by atoms with van der Waals surface area (Å²) >= 11 is 6.35. The van der Waals surface area contributed by atoms with E-state index in [9.17, 15) is 19.5 Å². The molecule has 0 aromatic heterocycles. The van der Waals surface area contributed by atoms with Gasteiger partial charge in [0.25, 0.3) is 0 Å². The lowest BCUT2D eigenvalue weighted by atomic mass is 9.76. The smallest absolute Gasteiger partial charge is 0.250 e. The third kappa shape index (κ3) is 3.56. The Morgan fingerprint density at radius 1 is 0.946 bits per heavy atom. The number of benzene rings is 3. The Morgan fingerprint density at radius 3 is 2.41 bits per heavy atom. The van der Waals surface area contributed by atoms with Crippen LogP contribution in [0.4, 0.5) is 5.69 Å². The van der Waals surface area contributed by atoms with Crippen LogP contribution in [0.3, 0.4) is 0 Å². The first kappa shape index (κ1) is 23.7. The van der Waals surface area contributed by atoms with E-state index in [1.165, 1.54) is 4.90 Å². The highest BCUT2D eigenvalue weighted by Gasteiger charge is 2.70. The lowest BCUT2D eigenvalue weighted by Gasteiger charge is -2.29. The largest absolute Gasteiger partial charge is 0.508 e. The lowest BCUT2D eigenvalue weighted by Crippen LogP contribution is -2.53. The van der Waals surface area contributed by atoms with Crippen molar-refractivity contribution in [2.24, 2.45) is 11.8 Å². The highest BCUT2D eigenvalue weighted by atomic mass is 35.5. The Bertz CT molecular complexity index is 1430. The summed E-state index contributed by atoms with van der Waals surface area (Å²) in [6, 6.07) is 19.5. The molecule has 2 unspecified atom stereocenters. The van der Waals surface area contributed by atoms with Crippen LogP contribution in [-0.4, -0.2) is 40.3 Å². The van der Waals surface area contributed by atoms with Gasteiger partial charge in [-0.25, -0.2) is 0 Å². The molecule has 3 aromatic rings. The fourth-order valence-electron chi connectivity index (χ4n) is 6.22.